The van der Waals surface area contributed by atoms with E-state index >= 15 is 0 Å². The number of hydrogen-bond donors (Lipinski definition) is 1. The minimum absolute atomic E-state index is 0.0471. The fourth-order valence-corrected chi connectivity index (χ4v) is 3.57. The fourth-order valence-electron chi connectivity index (χ4n) is 3.44. The highest BCUT2D eigenvalue weighted by Gasteiger charge is 2.38. The molecule has 1 aliphatic rings. The van der Waals surface area contributed by atoms with Crippen LogP contribution in [-0.4, -0.2) is 32.7 Å². The van der Waals surface area contributed by atoms with Gasteiger partial charge in [-0.1, -0.05) is 48.4 Å². The second-order valence-electron chi connectivity index (χ2n) is 6.93. The average Bonchev–Trinajstić information content (AvgIpc) is 3.11. The summed E-state index contributed by atoms with van der Waals surface area (Å²) >= 11 is 5.89. The van der Waals surface area contributed by atoms with E-state index in [-0.39, 0.29) is 17.9 Å². The smallest absolute Gasteiger partial charge is 0.243 e. The SMILES string of the molecule is O=C(Cn1nnc(-c2ccc(Cl)cc2)n1)NCC1(c2ccccc2)CCC1. The van der Waals surface area contributed by atoms with Crippen molar-refractivity contribution in [1.82, 2.24) is 25.5 Å². The molecule has 1 fully saturated rings. The molecule has 2 aromatic carbocycles. The lowest BCUT2D eigenvalue weighted by Crippen LogP contribution is -2.46. The van der Waals surface area contributed by atoms with E-state index in [2.05, 4.69) is 45.0 Å². The maximum Gasteiger partial charge on any atom is 0.243 e. The van der Waals surface area contributed by atoms with Gasteiger partial charge in [0.05, 0.1) is 0 Å². The maximum atomic E-state index is 12.4. The lowest BCUT2D eigenvalue weighted by Gasteiger charge is -2.42. The van der Waals surface area contributed by atoms with Crippen LogP contribution >= 0.6 is 11.6 Å². The van der Waals surface area contributed by atoms with Crippen molar-refractivity contribution in [3.8, 4) is 11.4 Å². The fraction of sp³-hybridized carbons (Fsp3) is 0.300. The Morgan fingerprint density at radius 1 is 1.11 bits per heavy atom. The third-order valence-electron chi connectivity index (χ3n) is 5.16. The van der Waals surface area contributed by atoms with Gasteiger partial charge in [-0.15, -0.1) is 10.2 Å². The van der Waals surface area contributed by atoms with Crippen LogP contribution in [0.3, 0.4) is 0 Å². The molecule has 0 saturated heterocycles. The Morgan fingerprint density at radius 2 is 1.85 bits per heavy atom. The van der Waals surface area contributed by atoms with Gasteiger partial charge >= 0.3 is 0 Å². The first-order valence-corrected chi connectivity index (χ1v) is 9.38. The zero-order valence-corrected chi connectivity index (χ0v) is 15.6. The van der Waals surface area contributed by atoms with Gasteiger partial charge in [-0.05, 0) is 47.9 Å². The molecule has 3 aromatic rings. The molecule has 27 heavy (non-hydrogen) atoms. The van der Waals surface area contributed by atoms with E-state index in [1.807, 2.05) is 18.2 Å². The quantitative estimate of drug-likeness (QED) is 0.711. The van der Waals surface area contributed by atoms with Crippen molar-refractivity contribution in [1.29, 1.82) is 0 Å². The number of rotatable bonds is 6. The molecule has 0 unspecified atom stereocenters. The van der Waals surface area contributed by atoms with Crippen molar-refractivity contribution in [2.45, 2.75) is 31.2 Å². The molecule has 1 heterocycles. The van der Waals surface area contributed by atoms with Gasteiger partial charge in [-0.3, -0.25) is 4.79 Å². The second kappa shape index (κ2) is 7.48. The Balaban J connectivity index is 1.37. The predicted molar refractivity (Wildman–Crippen MR) is 103 cm³/mol. The first-order valence-electron chi connectivity index (χ1n) is 9.01. The van der Waals surface area contributed by atoms with Gasteiger partial charge in [-0.25, -0.2) is 0 Å². The average molecular weight is 382 g/mol. The molecular weight excluding hydrogens is 362 g/mol. The van der Waals surface area contributed by atoms with Crippen molar-refractivity contribution in [3.05, 3.63) is 65.2 Å². The van der Waals surface area contributed by atoms with E-state index in [1.54, 1.807) is 12.1 Å². The van der Waals surface area contributed by atoms with Crippen LogP contribution in [0.5, 0.6) is 0 Å². The number of amides is 1. The van der Waals surface area contributed by atoms with E-state index < -0.39 is 0 Å². The standard InChI is InChI=1S/C20H20ClN5O/c21-17-9-7-15(8-10-17)19-23-25-26(24-19)13-18(27)22-14-20(11-4-12-20)16-5-2-1-3-6-16/h1-3,5-10H,4,11-14H2,(H,22,27). The molecule has 0 atom stereocenters. The second-order valence-corrected chi connectivity index (χ2v) is 7.36. The minimum atomic E-state index is -0.114. The molecular formula is C20H20ClN5O. The van der Waals surface area contributed by atoms with Crippen LogP contribution in [0.25, 0.3) is 11.4 Å². The van der Waals surface area contributed by atoms with Crippen molar-refractivity contribution in [3.63, 3.8) is 0 Å². The van der Waals surface area contributed by atoms with Crippen molar-refractivity contribution < 1.29 is 4.79 Å². The van der Waals surface area contributed by atoms with Crippen molar-refractivity contribution in [2.75, 3.05) is 6.54 Å². The van der Waals surface area contributed by atoms with Gasteiger partial charge in [0.2, 0.25) is 11.7 Å². The van der Waals surface area contributed by atoms with Crippen LogP contribution in [-0.2, 0) is 16.8 Å². The molecule has 0 spiro atoms. The highest BCUT2D eigenvalue weighted by Crippen LogP contribution is 2.43. The maximum absolute atomic E-state index is 12.4. The summed E-state index contributed by atoms with van der Waals surface area (Å²) < 4.78 is 0. The first-order chi connectivity index (χ1) is 13.1. The number of nitrogens with zero attached hydrogens (tertiary/aromatic N) is 4. The summed E-state index contributed by atoms with van der Waals surface area (Å²) in [5.41, 5.74) is 2.16. The Bertz CT molecular complexity index is 919. The van der Waals surface area contributed by atoms with E-state index in [1.165, 1.54) is 16.8 Å². The van der Waals surface area contributed by atoms with Gasteiger partial charge in [0.1, 0.15) is 6.54 Å². The minimum Gasteiger partial charge on any atom is -0.354 e. The van der Waals surface area contributed by atoms with Crippen molar-refractivity contribution in [2.24, 2.45) is 0 Å². The summed E-state index contributed by atoms with van der Waals surface area (Å²) in [6.07, 6.45) is 3.39. The molecule has 7 heteroatoms. The van der Waals surface area contributed by atoms with Crippen molar-refractivity contribution >= 4 is 17.5 Å². The molecule has 4 rings (SSSR count). The Kier molecular flexibility index (Phi) is 4.90. The number of halogens is 1. The van der Waals surface area contributed by atoms with E-state index in [4.69, 9.17) is 11.6 Å². The number of hydrogen-bond acceptors (Lipinski definition) is 4. The Morgan fingerprint density at radius 3 is 2.52 bits per heavy atom. The largest absolute Gasteiger partial charge is 0.354 e. The highest BCUT2D eigenvalue weighted by molar-refractivity contribution is 6.30. The summed E-state index contributed by atoms with van der Waals surface area (Å²) in [6, 6.07) is 17.6. The summed E-state index contributed by atoms with van der Waals surface area (Å²) in [5, 5.41) is 16.0. The summed E-state index contributed by atoms with van der Waals surface area (Å²) in [5.74, 6) is 0.358. The first kappa shape index (κ1) is 17.7. The van der Waals surface area contributed by atoms with Crippen LogP contribution in [0.4, 0.5) is 0 Å². The molecule has 1 N–H and O–H groups in total. The molecule has 0 bridgehead atoms. The zero-order chi connectivity index (χ0) is 18.7. The molecule has 0 radical (unpaired) electrons. The summed E-state index contributed by atoms with van der Waals surface area (Å²) in [4.78, 5) is 13.7. The summed E-state index contributed by atoms with van der Waals surface area (Å²) in [6.45, 7) is 0.681. The molecule has 1 aromatic heterocycles. The summed E-state index contributed by atoms with van der Waals surface area (Å²) in [7, 11) is 0. The monoisotopic (exact) mass is 381 g/mol. The topological polar surface area (TPSA) is 72.7 Å². The van der Waals surface area contributed by atoms with E-state index in [9.17, 15) is 4.79 Å². The number of nitrogens with one attached hydrogen (secondary N) is 1. The third kappa shape index (κ3) is 3.85. The van der Waals surface area contributed by atoms with Gasteiger partial charge in [0.15, 0.2) is 0 Å². The lowest BCUT2D eigenvalue weighted by atomic mass is 9.64. The van der Waals surface area contributed by atoms with Crippen LogP contribution in [0.2, 0.25) is 5.02 Å². The molecule has 6 nitrogen and oxygen atoms in total. The van der Waals surface area contributed by atoms with E-state index in [0.29, 0.717) is 17.4 Å². The van der Waals surface area contributed by atoms with E-state index in [0.717, 1.165) is 18.4 Å². The zero-order valence-electron chi connectivity index (χ0n) is 14.8. The number of benzene rings is 2. The number of tetrazole rings is 1. The number of carbonyl (C=O) groups is 1. The van der Waals surface area contributed by atoms with Gasteiger partial charge in [0.25, 0.3) is 0 Å². The number of aromatic nitrogens is 4. The predicted octanol–water partition coefficient (Wildman–Crippen LogP) is 3.23. The third-order valence-corrected chi connectivity index (χ3v) is 5.41. The molecule has 0 aliphatic heterocycles. The van der Waals surface area contributed by atoms with Crippen LogP contribution in [0, 0.1) is 0 Å². The normalized spacial score (nSPS) is 15.1. The molecule has 1 aliphatic carbocycles. The number of carbonyl (C=O) groups excluding carboxylic acids is 1. The van der Waals surface area contributed by atoms with Crippen LogP contribution < -0.4 is 5.32 Å². The van der Waals surface area contributed by atoms with Crippen LogP contribution in [0.1, 0.15) is 24.8 Å². The van der Waals surface area contributed by atoms with Gasteiger partial charge in [-0.2, -0.15) is 4.80 Å². The lowest BCUT2D eigenvalue weighted by molar-refractivity contribution is -0.122. The highest BCUT2D eigenvalue weighted by atomic mass is 35.5. The molecule has 1 saturated carbocycles. The van der Waals surface area contributed by atoms with Crippen LogP contribution in [0.15, 0.2) is 54.6 Å². The molecule has 1 amide bonds. The molecule has 138 valence electrons. The Labute approximate surface area is 162 Å². The van der Waals surface area contributed by atoms with Gasteiger partial charge < -0.3 is 5.32 Å². The Hall–Kier alpha value is -2.73. The van der Waals surface area contributed by atoms with Gasteiger partial charge in [0, 0.05) is 22.5 Å².